The molecule has 0 fully saturated rings. The van der Waals surface area contributed by atoms with Crippen LogP contribution in [0.15, 0.2) is 206 Å². The molecule has 0 amide bonds. The van der Waals surface area contributed by atoms with Crippen LogP contribution in [-0.2, 0) is 0 Å². The van der Waals surface area contributed by atoms with Gasteiger partial charge in [-0.15, -0.1) is 0 Å². The van der Waals surface area contributed by atoms with Gasteiger partial charge in [0.1, 0.15) is 0 Å². The molecule has 0 radical (unpaired) electrons. The zero-order valence-corrected chi connectivity index (χ0v) is 28.7. The summed E-state index contributed by atoms with van der Waals surface area (Å²) in [5, 5.41) is 2.43. The lowest BCUT2D eigenvalue weighted by molar-refractivity contribution is 1.18. The summed E-state index contributed by atoms with van der Waals surface area (Å²) < 4.78 is 2.39. The van der Waals surface area contributed by atoms with Gasteiger partial charge in [-0.25, -0.2) is 0 Å². The number of aromatic nitrogens is 1. The maximum absolute atomic E-state index is 2.39. The summed E-state index contributed by atoms with van der Waals surface area (Å²) in [5.74, 6) is 0. The second-order valence-electron chi connectivity index (χ2n) is 13.1. The highest BCUT2D eigenvalue weighted by molar-refractivity contribution is 6.12. The predicted octanol–water partition coefficient (Wildman–Crippen LogP) is 13.8. The molecule has 0 N–H and O–H groups in total. The number of fused-ring (bicyclic) bond motifs is 3. The van der Waals surface area contributed by atoms with Gasteiger partial charge in [-0.1, -0.05) is 146 Å². The quantitative estimate of drug-likeness (QED) is 0.147. The standard InChI is InChI=1S/C50H36N2/c1-5-14-37(15-6-1)24-25-38-26-29-45(30-27-38)51(43-20-9-3-10-21-43)46-31-33-50-48(36-46)47-35-42(28-32-49(47)52(50)44-22-11-4-12-23-44)41-19-13-18-40(34-41)39-16-7-2-8-17-39/h1-36H. The lowest BCUT2D eigenvalue weighted by Gasteiger charge is -2.25. The van der Waals surface area contributed by atoms with E-state index in [-0.39, 0.29) is 0 Å². The largest absolute Gasteiger partial charge is 0.310 e. The van der Waals surface area contributed by atoms with Gasteiger partial charge in [-0.2, -0.15) is 0 Å². The fourth-order valence-corrected chi connectivity index (χ4v) is 7.21. The Morgan fingerprint density at radius 2 is 0.808 bits per heavy atom. The van der Waals surface area contributed by atoms with Crippen molar-refractivity contribution >= 4 is 51.0 Å². The van der Waals surface area contributed by atoms with Gasteiger partial charge in [-0.3, -0.25) is 0 Å². The number of nitrogens with zero attached hydrogens (tertiary/aromatic N) is 2. The fourth-order valence-electron chi connectivity index (χ4n) is 7.21. The first-order chi connectivity index (χ1) is 25.8. The maximum Gasteiger partial charge on any atom is 0.0542 e. The molecule has 52 heavy (non-hydrogen) atoms. The first-order valence-electron chi connectivity index (χ1n) is 17.8. The van der Waals surface area contributed by atoms with E-state index >= 15 is 0 Å². The molecule has 1 heterocycles. The molecular weight excluding hydrogens is 629 g/mol. The van der Waals surface area contributed by atoms with Crippen molar-refractivity contribution in [3.63, 3.8) is 0 Å². The Morgan fingerprint density at radius 3 is 1.50 bits per heavy atom. The average molecular weight is 665 g/mol. The van der Waals surface area contributed by atoms with Crippen LogP contribution in [0.5, 0.6) is 0 Å². The molecule has 0 unspecified atom stereocenters. The van der Waals surface area contributed by atoms with E-state index in [2.05, 4.69) is 222 Å². The molecule has 0 aliphatic rings. The topological polar surface area (TPSA) is 8.17 Å². The molecule has 2 nitrogen and oxygen atoms in total. The van der Waals surface area contributed by atoms with Crippen molar-refractivity contribution in [1.29, 1.82) is 0 Å². The van der Waals surface area contributed by atoms with Crippen molar-refractivity contribution in [2.45, 2.75) is 0 Å². The molecule has 1 aromatic heterocycles. The molecule has 9 rings (SSSR count). The zero-order valence-electron chi connectivity index (χ0n) is 28.7. The van der Waals surface area contributed by atoms with E-state index in [9.17, 15) is 0 Å². The third kappa shape index (κ3) is 6.08. The van der Waals surface area contributed by atoms with E-state index in [1.54, 1.807) is 0 Å². The molecule has 246 valence electrons. The first-order valence-corrected chi connectivity index (χ1v) is 17.8. The third-order valence-corrected chi connectivity index (χ3v) is 9.76. The SMILES string of the molecule is C(=Cc1ccc(N(c2ccccc2)c2ccc3c(c2)c2cc(-c4cccc(-c5ccccc5)c4)ccc2n3-c2ccccc2)cc1)c1ccccc1. The van der Waals surface area contributed by atoms with Crippen LogP contribution in [0.4, 0.5) is 17.1 Å². The number of benzene rings is 8. The van der Waals surface area contributed by atoms with Crippen molar-refractivity contribution in [3.8, 4) is 27.9 Å². The summed E-state index contributed by atoms with van der Waals surface area (Å²) in [6.07, 6.45) is 4.33. The molecule has 0 aliphatic heterocycles. The minimum atomic E-state index is 1.10. The summed E-state index contributed by atoms with van der Waals surface area (Å²) in [6, 6.07) is 73.8. The Bertz CT molecular complexity index is 2640. The van der Waals surface area contributed by atoms with E-state index in [1.165, 1.54) is 49.6 Å². The number of rotatable bonds is 8. The average Bonchev–Trinajstić information content (AvgIpc) is 3.55. The molecule has 0 saturated carbocycles. The van der Waals surface area contributed by atoms with Crippen LogP contribution in [0.2, 0.25) is 0 Å². The Kier molecular flexibility index (Phi) is 8.24. The molecule has 0 spiro atoms. The molecular formula is C50H36N2. The lowest BCUT2D eigenvalue weighted by Crippen LogP contribution is -2.09. The van der Waals surface area contributed by atoms with E-state index < -0.39 is 0 Å². The molecule has 9 aromatic rings. The van der Waals surface area contributed by atoms with Crippen molar-refractivity contribution in [3.05, 3.63) is 217 Å². The Balaban J connectivity index is 1.18. The second-order valence-corrected chi connectivity index (χ2v) is 13.1. The maximum atomic E-state index is 2.39. The van der Waals surface area contributed by atoms with Gasteiger partial charge < -0.3 is 9.47 Å². The predicted molar refractivity (Wildman–Crippen MR) is 222 cm³/mol. The van der Waals surface area contributed by atoms with E-state index in [0.717, 1.165) is 28.3 Å². The van der Waals surface area contributed by atoms with Gasteiger partial charge in [0.05, 0.1) is 11.0 Å². The summed E-state index contributed by atoms with van der Waals surface area (Å²) in [6.45, 7) is 0. The molecule has 8 aromatic carbocycles. The normalized spacial score (nSPS) is 11.4. The van der Waals surface area contributed by atoms with Gasteiger partial charge in [0, 0.05) is 33.5 Å². The summed E-state index contributed by atoms with van der Waals surface area (Å²) in [4.78, 5) is 2.35. The van der Waals surface area contributed by atoms with E-state index in [1.807, 2.05) is 6.07 Å². The smallest absolute Gasteiger partial charge is 0.0542 e. The number of para-hydroxylation sites is 2. The van der Waals surface area contributed by atoms with Crippen LogP contribution in [0.25, 0.3) is 61.9 Å². The number of hydrogen-bond donors (Lipinski definition) is 0. The van der Waals surface area contributed by atoms with Crippen LogP contribution in [0.3, 0.4) is 0 Å². The van der Waals surface area contributed by atoms with Gasteiger partial charge in [0.15, 0.2) is 0 Å². The highest BCUT2D eigenvalue weighted by atomic mass is 15.1. The Hall–Kier alpha value is -6.90. The van der Waals surface area contributed by atoms with Crippen LogP contribution >= 0.6 is 0 Å². The van der Waals surface area contributed by atoms with Crippen LogP contribution < -0.4 is 4.90 Å². The van der Waals surface area contributed by atoms with Gasteiger partial charge in [0.2, 0.25) is 0 Å². The second kappa shape index (κ2) is 13.8. The van der Waals surface area contributed by atoms with Crippen molar-refractivity contribution in [2.24, 2.45) is 0 Å². The minimum Gasteiger partial charge on any atom is -0.310 e. The summed E-state index contributed by atoms with van der Waals surface area (Å²) >= 11 is 0. The molecule has 0 aliphatic carbocycles. The Labute approximate surface area is 304 Å². The Morgan fingerprint density at radius 1 is 0.327 bits per heavy atom. The van der Waals surface area contributed by atoms with E-state index in [4.69, 9.17) is 0 Å². The van der Waals surface area contributed by atoms with Crippen molar-refractivity contribution in [1.82, 2.24) is 4.57 Å². The number of anilines is 3. The van der Waals surface area contributed by atoms with Crippen LogP contribution in [-0.4, -0.2) is 4.57 Å². The minimum absolute atomic E-state index is 1.10. The summed E-state index contributed by atoms with van der Waals surface area (Å²) in [7, 11) is 0. The van der Waals surface area contributed by atoms with Gasteiger partial charge in [0.25, 0.3) is 0 Å². The fraction of sp³-hybridized carbons (Fsp3) is 0. The van der Waals surface area contributed by atoms with Crippen molar-refractivity contribution < 1.29 is 0 Å². The van der Waals surface area contributed by atoms with Crippen molar-refractivity contribution in [2.75, 3.05) is 4.90 Å². The zero-order chi connectivity index (χ0) is 34.7. The van der Waals surface area contributed by atoms with Gasteiger partial charge >= 0.3 is 0 Å². The van der Waals surface area contributed by atoms with Crippen LogP contribution in [0, 0.1) is 0 Å². The molecule has 0 bridgehead atoms. The van der Waals surface area contributed by atoms with Gasteiger partial charge in [-0.05, 0) is 106 Å². The molecule has 0 saturated heterocycles. The number of hydrogen-bond acceptors (Lipinski definition) is 1. The van der Waals surface area contributed by atoms with E-state index in [0.29, 0.717) is 0 Å². The van der Waals surface area contributed by atoms with Crippen LogP contribution in [0.1, 0.15) is 11.1 Å². The lowest BCUT2D eigenvalue weighted by atomic mass is 9.98. The molecule has 2 heteroatoms. The molecule has 0 atom stereocenters. The first kappa shape index (κ1) is 31.1. The highest BCUT2D eigenvalue weighted by Crippen LogP contribution is 2.41. The highest BCUT2D eigenvalue weighted by Gasteiger charge is 2.18. The third-order valence-electron chi connectivity index (χ3n) is 9.76. The monoisotopic (exact) mass is 664 g/mol. The summed E-state index contributed by atoms with van der Waals surface area (Å²) in [5.41, 5.74) is 14.0.